The van der Waals surface area contributed by atoms with Gasteiger partial charge in [-0.1, -0.05) is 23.7 Å². The van der Waals surface area contributed by atoms with Crippen LogP contribution < -0.4 is 10.6 Å². The average molecular weight is 474 g/mol. The molecule has 0 radical (unpaired) electrons. The Bertz CT molecular complexity index is 1350. The number of carbonyl (C=O) groups is 1. The van der Waals surface area contributed by atoms with E-state index >= 15 is 0 Å². The number of aromatic nitrogens is 4. The molecule has 0 bridgehead atoms. The average Bonchev–Trinajstić information content (AvgIpc) is 3.31. The summed E-state index contributed by atoms with van der Waals surface area (Å²) in [6.07, 6.45) is 0.676. The van der Waals surface area contributed by atoms with Crippen LogP contribution in [0, 0.1) is 13.8 Å². The van der Waals surface area contributed by atoms with Gasteiger partial charge >= 0.3 is 0 Å². The highest BCUT2D eigenvalue weighted by atomic mass is 16.5. The van der Waals surface area contributed by atoms with Crippen LogP contribution in [-0.4, -0.2) is 58.1 Å². The van der Waals surface area contributed by atoms with E-state index in [0.29, 0.717) is 35.1 Å². The lowest BCUT2D eigenvalue weighted by Gasteiger charge is -2.17. The van der Waals surface area contributed by atoms with Gasteiger partial charge in [-0.05, 0) is 51.2 Å². The summed E-state index contributed by atoms with van der Waals surface area (Å²) in [5.74, 6) is 0.882. The van der Waals surface area contributed by atoms with Gasteiger partial charge in [0.2, 0.25) is 5.89 Å². The maximum atomic E-state index is 13.6. The van der Waals surface area contributed by atoms with E-state index in [2.05, 4.69) is 20.8 Å². The predicted molar refractivity (Wildman–Crippen MR) is 136 cm³/mol. The fraction of sp³-hybridized carbons (Fsp3) is 0.346. The van der Waals surface area contributed by atoms with E-state index in [9.17, 15) is 4.79 Å². The summed E-state index contributed by atoms with van der Waals surface area (Å²) in [6.45, 7) is 7.80. The molecule has 9 nitrogen and oxygen atoms in total. The minimum Gasteiger partial charge on any atom is -0.382 e. The number of benzene rings is 1. The predicted octanol–water partition coefficient (Wildman–Crippen LogP) is 3.76. The number of pyridine rings is 2. The van der Waals surface area contributed by atoms with Crippen molar-refractivity contribution in [3.63, 3.8) is 0 Å². The van der Waals surface area contributed by atoms with E-state index in [1.807, 2.05) is 64.2 Å². The molecule has 182 valence electrons. The van der Waals surface area contributed by atoms with E-state index in [0.717, 1.165) is 40.9 Å². The van der Waals surface area contributed by atoms with Crippen LogP contribution in [-0.2, 0) is 13.0 Å². The third-order valence-electron chi connectivity index (χ3n) is 5.78. The fourth-order valence-electron chi connectivity index (χ4n) is 3.84. The summed E-state index contributed by atoms with van der Waals surface area (Å²) in [5.41, 5.74) is 5.56. The van der Waals surface area contributed by atoms with Gasteiger partial charge in [-0.15, -0.1) is 0 Å². The lowest BCUT2D eigenvalue weighted by molar-refractivity contribution is 0.0771. The maximum absolute atomic E-state index is 13.6. The maximum Gasteiger partial charge on any atom is 0.254 e. The van der Waals surface area contributed by atoms with Crippen molar-refractivity contribution in [2.45, 2.75) is 33.7 Å². The first-order chi connectivity index (χ1) is 16.9. The van der Waals surface area contributed by atoms with E-state index in [1.54, 1.807) is 11.9 Å². The topological polar surface area (TPSA) is 109 Å². The van der Waals surface area contributed by atoms with E-state index in [-0.39, 0.29) is 12.5 Å². The van der Waals surface area contributed by atoms with Gasteiger partial charge in [-0.25, -0.2) is 9.97 Å². The Hall–Kier alpha value is -3.85. The van der Waals surface area contributed by atoms with Gasteiger partial charge in [0.25, 0.3) is 5.91 Å². The Labute approximate surface area is 205 Å². The number of aryl methyl sites for hydroxylation is 3. The molecule has 4 rings (SSSR count). The van der Waals surface area contributed by atoms with Gasteiger partial charge in [0.05, 0.1) is 40.4 Å². The third kappa shape index (κ3) is 5.46. The second-order valence-electron chi connectivity index (χ2n) is 8.55. The number of nitrogens with zero attached hydrogens (tertiary/aromatic N) is 5. The molecular weight excluding hydrogens is 442 g/mol. The standard InChI is InChI=1S/C26H31N7O2/c1-6-24-31-25(35-32-24)15-33(5)26(34)19-14-23(30-21-8-7-16(2)13-18(19)21)22-10-9-20(17(3)29-22)28-12-11-27-4/h7-10,13-14,27-28H,6,11-12,15H2,1-5H3. The molecule has 3 heterocycles. The number of anilines is 1. The Morgan fingerprint density at radius 2 is 1.86 bits per heavy atom. The lowest BCUT2D eigenvalue weighted by atomic mass is 10.0. The summed E-state index contributed by atoms with van der Waals surface area (Å²) in [5, 5.41) is 11.2. The molecule has 35 heavy (non-hydrogen) atoms. The number of amides is 1. The number of carbonyl (C=O) groups excluding carboxylic acids is 1. The SMILES string of the molecule is CCc1noc(CN(C)C(=O)c2cc(-c3ccc(NCCNC)c(C)n3)nc3ccc(C)cc23)n1. The fourth-order valence-corrected chi connectivity index (χ4v) is 3.84. The molecule has 1 aromatic carbocycles. The molecule has 9 heteroatoms. The van der Waals surface area contributed by atoms with Gasteiger partial charge in [0.15, 0.2) is 5.82 Å². The monoisotopic (exact) mass is 473 g/mol. The number of likely N-dealkylation sites (N-methyl/N-ethyl adjacent to an activating group) is 1. The number of hydrogen-bond donors (Lipinski definition) is 2. The molecule has 0 aliphatic heterocycles. The van der Waals surface area contributed by atoms with Gasteiger partial charge < -0.3 is 20.1 Å². The first-order valence-electron chi connectivity index (χ1n) is 11.7. The van der Waals surface area contributed by atoms with Crippen molar-refractivity contribution in [3.05, 3.63) is 64.9 Å². The highest BCUT2D eigenvalue weighted by Crippen LogP contribution is 2.27. The van der Waals surface area contributed by atoms with Crippen LogP contribution >= 0.6 is 0 Å². The summed E-state index contributed by atoms with van der Waals surface area (Å²) < 4.78 is 5.28. The zero-order chi connectivity index (χ0) is 24.9. The van der Waals surface area contributed by atoms with Crippen LogP contribution in [0.25, 0.3) is 22.3 Å². The number of rotatable bonds is 9. The largest absolute Gasteiger partial charge is 0.382 e. The van der Waals surface area contributed by atoms with Crippen LogP contribution in [0.4, 0.5) is 5.69 Å². The third-order valence-corrected chi connectivity index (χ3v) is 5.78. The van der Waals surface area contributed by atoms with Crippen LogP contribution in [0.15, 0.2) is 40.9 Å². The van der Waals surface area contributed by atoms with Crippen LogP contribution in [0.5, 0.6) is 0 Å². The molecule has 0 atom stereocenters. The quantitative estimate of drug-likeness (QED) is 0.354. The van der Waals surface area contributed by atoms with E-state index < -0.39 is 0 Å². The molecule has 2 N–H and O–H groups in total. The highest BCUT2D eigenvalue weighted by Gasteiger charge is 2.20. The molecule has 0 spiro atoms. The smallest absolute Gasteiger partial charge is 0.254 e. The second kappa shape index (κ2) is 10.6. The first-order valence-corrected chi connectivity index (χ1v) is 11.7. The molecule has 0 aliphatic carbocycles. The van der Waals surface area contributed by atoms with Crippen molar-refractivity contribution < 1.29 is 9.32 Å². The molecule has 0 aliphatic rings. The van der Waals surface area contributed by atoms with Gasteiger partial charge in [-0.2, -0.15) is 4.98 Å². The summed E-state index contributed by atoms with van der Waals surface area (Å²) in [6, 6.07) is 11.7. The normalized spacial score (nSPS) is 11.1. The van der Waals surface area contributed by atoms with Gasteiger partial charge in [0, 0.05) is 31.9 Å². The number of fused-ring (bicyclic) bond motifs is 1. The Morgan fingerprint density at radius 3 is 2.57 bits per heavy atom. The minimum atomic E-state index is -0.150. The zero-order valence-electron chi connectivity index (χ0n) is 20.8. The Kier molecular flexibility index (Phi) is 7.36. The van der Waals surface area contributed by atoms with Crippen LogP contribution in [0.2, 0.25) is 0 Å². The summed E-state index contributed by atoms with van der Waals surface area (Å²) >= 11 is 0. The highest BCUT2D eigenvalue weighted by molar-refractivity contribution is 6.07. The summed E-state index contributed by atoms with van der Waals surface area (Å²) in [7, 11) is 3.65. The van der Waals surface area contributed by atoms with Crippen molar-refractivity contribution in [2.24, 2.45) is 0 Å². The summed E-state index contributed by atoms with van der Waals surface area (Å²) in [4.78, 5) is 29.1. The molecule has 0 unspecified atom stereocenters. The number of hydrogen-bond acceptors (Lipinski definition) is 8. The molecule has 0 fully saturated rings. The molecule has 3 aromatic heterocycles. The van der Waals surface area contributed by atoms with E-state index in [1.165, 1.54) is 0 Å². The zero-order valence-corrected chi connectivity index (χ0v) is 20.8. The molecule has 1 amide bonds. The molecule has 4 aromatic rings. The molecule has 0 saturated carbocycles. The molecule has 0 saturated heterocycles. The van der Waals surface area contributed by atoms with Gasteiger partial charge in [0.1, 0.15) is 0 Å². The second-order valence-corrected chi connectivity index (χ2v) is 8.55. The van der Waals surface area contributed by atoms with Crippen molar-refractivity contribution in [1.29, 1.82) is 0 Å². The van der Waals surface area contributed by atoms with Crippen molar-refractivity contribution in [2.75, 3.05) is 32.5 Å². The first kappa shape index (κ1) is 24.3. The Morgan fingerprint density at radius 1 is 1.03 bits per heavy atom. The number of nitrogens with one attached hydrogen (secondary N) is 2. The van der Waals surface area contributed by atoms with Crippen molar-refractivity contribution in [3.8, 4) is 11.4 Å². The minimum absolute atomic E-state index is 0.150. The Balaban J connectivity index is 1.70. The van der Waals surface area contributed by atoms with Crippen molar-refractivity contribution in [1.82, 2.24) is 30.3 Å². The van der Waals surface area contributed by atoms with Crippen LogP contribution in [0.3, 0.4) is 0 Å². The lowest BCUT2D eigenvalue weighted by Crippen LogP contribution is -2.26. The van der Waals surface area contributed by atoms with E-state index in [4.69, 9.17) is 14.5 Å². The van der Waals surface area contributed by atoms with Crippen LogP contribution in [0.1, 0.15) is 40.3 Å². The van der Waals surface area contributed by atoms with Crippen molar-refractivity contribution >= 4 is 22.5 Å². The van der Waals surface area contributed by atoms with Gasteiger partial charge in [-0.3, -0.25) is 4.79 Å². The molecular formula is C26H31N7O2.